The van der Waals surface area contributed by atoms with Crippen LogP contribution in [0.1, 0.15) is 0 Å². The Hall–Kier alpha value is -1.22. The van der Waals surface area contributed by atoms with Crippen LogP contribution < -0.4 is 0 Å². The number of fused-ring (bicyclic) bond motifs is 3. The average Bonchev–Trinajstić information content (AvgIpc) is 2.52. The Morgan fingerprint density at radius 3 is 3.36 bits per heavy atom. The third-order valence-corrected chi connectivity index (χ3v) is 2.79. The lowest BCUT2D eigenvalue weighted by Gasteiger charge is -1.79. The summed E-state index contributed by atoms with van der Waals surface area (Å²) in [5.41, 5.74) is 2.40. The molecule has 11 heavy (non-hydrogen) atoms. The van der Waals surface area contributed by atoms with Gasteiger partial charge in [0, 0.05) is 6.20 Å². The van der Waals surface area contributed by atoms with Crippen molar-refractivity contribution in [2.75, 3.05) is 0 Å². The number of aromatic amines is 1. The van der Waals surface area contributed by atoms with Crippen molar-refractivity contribution in [1.82, 2.24) is 9.38 Å². The van der Waals surface area contributed by atoms with Gasteiger partial charge in [-0.05, 0) is 23.6 Å². The molecule has 0 saturated carbocycles. The number of nitrogens with one attached hydrogen (secondary N) is 1. The van der Waals surface area contributed by atoms with E-state index in [0.717, 1.165) is 0 Å². The highest BCUT2D eigenvalue weighted by Gasteiger charge is 2.01. The van der Waals surface area contributed by atoms with Crippen molar-refractivity contribution < 1.29 is 0 Å². The van der Waals surface area contributed by atoms with E-state index in [9.17, 15) is 0 Å². The molecule has 0 atom stereocenters. The van der Waals surface area contributed by atoms with Gasteiger partial charge in [0.1, 0.15) is 10.5 Å². The largest absolute Gasteiger partial charge is 0.339 e. The van der Waals surface area contributed by atoms with E-state index in [2.05, 4.69) is 33.1 Å². The van der Waals surface area contributed by atoms with Gasteiger partial charge in [-0.1, -0.05) is 0 Å². The molecule has 0 saturated heterocycles. The molecule has 0 unspecified atom stereocenters. The van der Waals surface area contributed by atoms with Crippen molar-refractivity contribution in [1.29, 1.82) is 0 Å². The van der Waals surface area contributed by atoms with Crippen molar-refractivity contribution in [3.8, 4) is 0 Å². The third kappa shape index (κ3) is 0.563. The number of thiophene rings is 1. The molecule has 3 aromatic heterocycles. The van der Waals surface area contributed by atoms with Gasteiger partial charge in [0.15, 0.2) is 0 Å². The number of hydrogen-bond acceptors (Lipinski definition) is 1. The van der Waals surface area contributed by atoms with E-state index >= 15 is 0 Å². The summed E-state index contributed by atoms with van der Waals surface area (Å²) < 4.78 is 2.17. The first-order valence-electron chi connectivity index (χ1n) is 3.47. The van der Waals surface area contributed by atoms with Crippen molar-refractivity contribution in [2.24, 2.45) is 0 Å². The molecular weight excluding hydrogens is 156 g/mol. The molecule has 0 spiro atoms. The van der Waals surface area contributed by atoms with Crippen LogP contribution in [-0.4, -0.2) is 9.38 Å². The summed E-state index contributed by atoms with van der Waals surface area (Å²) in [6, 6.07) is 6.23. The van der Waals surface area contributed by atoms with Crippen LogP contribution in [0.2, 0.25) is 0 Å². The van der Waals surface area contributed by atoms with E-state index in [-0.39, 0.29) is 0 Å². The van der Waals surface area contributed by atoms with Crippen LogP contribution in [0.15, 0.2) is 29.8 Å². The molecule has 0 aromatic carbocycles. The van der Waals surface area contributed by atoms with Crippen LogP contribution in [0.4, 0.5) is 0 Å². The number of imidazole rings is 1. The fourth-order valence-electron chi connectivity index (χ4n) is 1.38. The maximum Gasteiger partial charge on any atom is 0.125 e. The Morgan fingerprint density at radius 2 is 2.36 bits per heavy atom. The smallest absolute Gasteiger partial charge is 0.125 e. The van der Waals surface area contributed by atoms with E-state index in [1.165, 1.54) is 16.0 Å². The van der Waals surface area contributed by atoms with Gasteiger partial charge >= 0.3 is 0 Å². The summed E-state index contributed by atoms with van der Waals surface area (Å²) in [5, 5.41) is 2.10. The molecule has 0 amide bonds. The molecule has 2 nitrogen and oxygen atoms in total. The first kappa shape index (κ1) is 5.43. The average molecular weight is 162 g/mol. The topological polar surface area (TPSA) is 20.2 Å². The zero-order chi connectivity index (χ0) is 7.26. The lowest BCUT2D eigenvalue weighted by molar-refractivity contribution is 1.29. The van der Waals surface area contributed by atoms with E-state index < -0.39 is 0 Å². The number of hydrogen-bond donors (Lipinski definition) is 1. The minimum absolute atomic E-state index is 1.17. The van der Waals surface area contributed by atoms with Crippen molar-refractivity contribution in [3.63, 3.8) is 0 Å². The van der Waals surface area contributed by atoms with Gasteiger partial charge in [-0.2, -0.15) is 0 Å². The molecule has 0 bridgehead atoms. The van der Waals surface area contributed by atoms with Crippen LogP contribution in [0.5, 0.6) is 0 Å². The fourth-order valence-corrected chi connectivity index (χ4v) is 2.23. The highest BCUT2D eigenvalue weighted by molar-refractivity contribution is 7.16. The summed E-state index contributed by atoms with van der Waals surface area (Å²) in [6.45, 7) is 0. The highest BCUT2D eigenvalue weighted by Crippen LogP contribution is 2.21. The second kappa shape index (κ2) is 1.68. The predicted octanol–water partition coefficient (Wildman–Crippen LogP) is 2.48. The Morgan fingerprint density at radius 1 is 1.36 bits per heavy atom. The van der Waals surface area contributed by atoms with E-state index in [1.54, 1.807) is 11.3 Å². The Balaban J connectivity index is 2.75. The minimum atomic E-state index is 1.17. The first-order valence-corrected chi connectivity index (χ1v) is 4.35. The van der Waals surface area contributed by atoms with Crippen molar-refractivity contribution >= 4 is 27.3 Å². The normalized spacial score (nSPS) is 11.6. The number of H-pyrrole nitrogens is 1. The second-order valence-electron chi connectivity index (χ2n) is 2.53. The SMILES string of the molecule is c1cc2[nH]c3ccsc3n2c1. The number of nitrogens with zero attached hydrogens (tertiary/aromatic N) is 1. The maximum absolute atomic E-state index is 3.31. The molecule has 3 aromatic rings. The Labute approximate surface area is 67.1 Å². The summed E-state index contributed by atoms with van der Waals surface area (Å²) >= 11 is 1.76. The van der Waals surface area contributed by atoms with Gasteiger partial charge in [0.25, 0.3) is 0 Å². The molecule has 0 aliphatic rings. The molecule has 0 aliphatic heterocycles. The molecule has 54 valence electrons. The van der Waals surface area contributed by atoms with Gasteiger partial charge in [-0.3, -0.25) is 4.40 Å². The van der Waals surface area contributed by atoms with Gasteiger partial charge in [0.2, 0.25) is 0 Å². The van der Waals surface area contributed by atoms with E-state index in [1.807, 2.05) is 6.07 Å². The minimum Gasteiger partial charge on any atom is -0.339 e. The number of rotatable bonds is 0. The summed E-state index contributed by atoms with van der Waals surface area (Å²) in [4.78, 5) is 4.61. The van der Waals surface area contributed by atoms with E-state index in [0.29, 0.717) is 0 Å². The molecule has 0 fully saturated rings. The first-order chi connectivity index (χ1) is 5.45. The molecule has 0 aliphatic carbocycles. The lowest BCUT2D eigenvalue weighted by atomic mass is 10.6. The summed E-state index contributed by atoms with van der Waals surface area (Å²) in [7, 11) is 0. The standard InChI is InChI=1S/C8H6N2S/c1-2-7-9-6-3-5-11-8(6)10(7)4-1/h1-5,9H. The zero-order valence-electron chi connectivity index (χ0n) is 5.74. The van der Waals surface area contributed by atoms with Crippen molar-refractivity contribution in [2.45, 2.75) is 0 Å². The summed E-state index contributed by atoms with van der Waals surface area (Å²) in [5.74, 6) is 0. The van der Waals surface area contributed by atoms with Crippen LogP contribution >= 0.6 is 11.3 Å². The quantitative estimate of drug-likeness (QED) is 0.524. The van der Waals surface area contributed by atoms with Gasteiger partial charge in [-0.15, -0.1) is 11.3 Å². The summed E-state index contributed by atoms with van der Waals surface area (Å²) in [6.07, 6.45) is 2.07. The Kier molecular flexibility index (Phi) is 0.830. The molecule has 3 heterocycles. The fraction of sp³-hybridized carbons (Fsp3) is 0. The molecule has 3 rings (SSSR count). The molecular formula is C8H6N2S. The molecule has 3 heteroatoms. The maximum atomic E-state index is 3.31. The van der Waals surface area contributed by atoms with Gasteiger partial charge < -0.3 is 4.98 Å². The van der Waals surface area contributed by atoms with E-state index in [4.69, 9.17) is 0 Å². The van der Waals surface area contributed by atoms with Gasteiger partial charge in [-0.25, -0.2) is 0 Å². The lowest BCUT2D eigenvalue weighted by Crippen LogP contribution is -1.69. The molecule has 0 radical (unpaired) electrons. The van der Waals surface area contributed by atoms with Crippen LogP contribution in [0.3, 0.4) is 0 Å². The predicted molar refractivity (Wildman–Crippen MR) is 47.1 cm³/mol. The third-order valence-electron chi connectivity index (χ3n) is 1.88. The number of aromatic nitrogens is 2. The highest BCUT2D eigenvalue weighted by atomic mass is 32.1. The van der Waals surface area contributed by atoms with Gasteiger partial charge in [0.05, 0.1) is 5.52 Å². The second-order valence-corrected chi connectivity index (χ2v) is 3.42. The van der Waals surface area contributed by atoms with Crippen molar-refractivity contribution in [3.05, 3.63) is 29.8 Å². The van der Waals surface area contributed by atoms with Crippen LogP contribution in [0, 0.1) is 0 Å². The molecule has 1 N–H and O–H groups in total. The monoisotopic (exact) mass is 162 g/mol. The Bertz CT molecular complexity index is 455. The van der Waals surface area contributed by atoms with Crippen LogP contribution in [-0.2, 0) is 0 Å². The van der Waals surface area contributed by atoms with Crippen LogP contribution in [0.25, 0.3) is 16.0 Å². The zero-order valence-corrected chi connectivity index (χ0v) is 6.56.